The van der Waals surface area contributed by atoms with Gasteiger partial charge in [-0.05, 0) is 35.7 Å². The number of nitrogens with one attached hydrogen (secondary N) is 1. The molecule has 1 spiro atoms. The number of anilines is 1. The van der Waals surface area contributed by atoms with Crippen LogP contribution in [-0.4, -0.2) is 35.1 Å². The quantitative estimate of drug-likeness (QED) is 0.689. The monoisotopic (exact) mass is 379 g/mol. The standard InChI is InChI=1S/C26H25N3/c1-3-9-19(10-4-1)17-28-16-15-25-21-13-7-8-14-22(21)27-24(25)29-18-26(29,23(25)28)20-11-5-2-6-12-20/h1-14,23-24,27H,15-18H2/t23?,24?,25?,26-,29?/m0/s1. The van der Waals surface area contributed by atoms with Crippen molar-refractivity contribution in [3.63, 3.8) is 0 Å². The minimum absolute atomic E-state index is 0.137. The van der Waals surface area contributed by atoms with E-state index >= 15 is 0 Å². The van der Waals surface area contributed by atoms with Gasteiger partial charge in [0, 0.05) is 24.8 Å². The van der Waals surface area contributed by atoms with Gasteiger partial charge >= 0.3 is 0 Å². The van der Waals surface area contributed by atoms with E-state index in [1.165, 1.54) is 28.8 Å². The van der Waals surface area contributed by atoms with Gasteiger partial charge in [-0.3, -0.25) is 9.80 Å². The van der Waals surface area contributed by atoms with Crippen LogP contribution < -0.4 is 5.32 Å². The fraction of sp³-hybridized carbons (Fsp3) is 0.308. The molecule has 3 fully saturated rings. The highest BCUT2D eigenvalue weighted by atomic mass is 15.5. The molecule has 144 valence electrons. The van der Waals surface area contributed by atoms with Gasteiger partial charge < -0.3 is 5.32 Å². The van der Waals surface area contributed by atoms with Gasteiger partial charge in [0.05, 0.1) is 17.1 Å². The van der Waals surface area contributed by atoms with E-state index in [4.69, 9.17) is 0 Å². The van der Waals surface area contributed by atoms with Crippen LogP contribution in [0.4, 0.5) is 5.69 Å². The number of likely N-dealkylation sites (tertiary alicyclic amines) is 1. The van der Waals surface area contributed by atoms with Crippen molar-refractivity contribution >= 4 is 5.69 Å². The predicted molar refractivity (Wildman–Crippen MR) is 116 cm³/mol. The van der Waals surface area contributed by atoms with Crippen LogP contribution in [0, 0.1) is 0 Å². The molecule has 7 rings (SSSR count). The minimum Gasteiger partial charge on any atom is -0.368 e. The maximum Gasteiger partial charge on any atom is 0.0918 e. The molecule has 0 amide bonds. The molecule has 3 aromatic rings. The van der Waals surface area contributed by atoms with Gasteiger partial charge in [-0.25, -0.2) is 0 Å². The molecule has 0 aliphatic carbocycles. The lowest BCUT2D eigenvalue weighted by atomic mass is 9.70. The second-order valence-electron chi connectivity index (χ2n) is 9.16. The summed E-state index contributed by atoms with van der Waals surface area (Å²) in [6, 6.07) is 31.8. The van der Waals surface area contributed by atoms with E-state index in [1.807, 2.05) is 0 Å². The summed E-state index contributed by atoms with van der Waals surface area (Å²) in [6.07, 6.45) is 1.63. The van der Waals surface area contributed by atoms with Crippen molar-refractivity contribution in [3.8, 4) is 0 Å². The van der Waals surface area contributed by atoms with Crippen LogP contribution in [-0.2, 0) is 17.5 Å². The fourth-order valence-corrected chi connectivity index (χ4v) is 6.93. The van der Waals surface area contributed by atoms with Crippen LogP contribution in [0.1, 0.15) is 23.1 Å². The fourth-order valence-electron chi connectivity index (χ4n) is 6.93. The van der Waals surface area contributed by atoms with Crippen molar-refractivity contribution < 1.29 is 0 Å². The van der Waals surface area contributed by atoms with Crippen molar-refractivity contribution in [2.45, 2.75) is 36.1 Å². The van der Waals surface area contributed by atoms with Gasteiger partial charge in [-0.2, -0.15) is 0 Å². The number of fused-ring (bicyclic) bond motifs is 4. The first-order valence-corrected chi connectivity index (χ1v) is 10.8. The molecule has 0 bridgehead atoms. The van der Waals surface area contributed by atoms with Crippen LogP contribution in [0.2, 0.25) is 0 Å². The van der Waals surface area contributed by atoms with Gasteiger partial charge in [0.25, 0.3) is 0 Å². The lowest BCUT2D eigenvalue weighted by molar-refractivity contribution is 0.180. The molecule has 4 unspecified atom stereocenters. The first kappa shape index (κ1) is 16.2. The van der Waals surface area contributed by atoms with Gasteiger partial charge in [0.15, 0.2) is 0 Å². The second kappa shape index (κ2) is 5.50. The van der Waals surface area contributed by atoms with E-state index in [9.17, 15) is 0 Å². The Morgan fingerprint density at radius 2 is 1.59 bits per heavy atom. The highest BCUT2D eigenvalue weighted by Crippen LogP contribution is 2.69. The van der Waals surface area contributed by atoms with E-state index in [0.717, 1.165) is 19.6 Å². The Morgan fingerprint density at radius 3 is 2.41 bits per heavy atom. The Kier molecular flexibility index (Phi) is 3.07. The summed E-state index contributed by atoms with van der Waals surface area (Å²) >= 11 is 0. The largest absolute Gasteiger partial charge is 0.368 e. The molecule has 5 atom stereocenters. The van der Waals surface area contributed by atoms with Crippen molar-refractivity contribution in [2.75, 3.05) is 18.4 Å². The summed E-state index contributed by atoms with van der Waals surface area (Å²) < 4.78 is 0. The number of benzene rings is 3. The van der Waals surface area contributed by atoms with E-state index in [1.54, 1.807) is 0 Å². The summed E-state index contributed by atoms with van der Waals surface area (Å²) in [7, 11) is 0. The van der Waals surface area contributed by atoms with E-state index in [0.29, 0.717) is 12.2 Å². The Labute approximate surface area is 172 Å². The third kappa shape index (κ3) is 1.90. The zero-order valence-corrected chi connectivity index (χ0v) is 16.5. The van der Waals surface area contributed by atoms with Gasteiger partial charge in [0.2, 0.25) is 0 Å². The maximum absolute atomic E-state index is 3.93. The highest BCUT2D eigenvalue weighted by molar-refractivity contribution is 5.67. The van der Waals surface area contributed by atoms with Gasteiger partial charge in [-0.15, -0.1) is 0 Å². The molecule has 0 aromatic heterocycles. The molecule has 29 heavy (non-hydrogen) atoms. The molecule has 4 aliphatic heterocycles. The average molecular weight is 380 g/mol. The van der Waals surface area contributed by atoms with Crippen LogP contribution in [0.25, 0.3) is 0 Å². The van der Waals surface area contributed by atoms with Crippen molar-refractivity contribution in [3.05, 3.63) is 102 Å². The topological polar surface area (TPSA) is 18.3 Å². The molecule has 3 nitrogen and oxygen atoms in total. The average Bonchev–Trinajstić information content (AvgIpc) is 3.14. The summed E-state index contributed by atoms with van der Waals surface area (Å²) in [4.78, 5) is 5.52. The first-order chi connectivity index (χ1) is 14.3. The third-order valence-electron chi connectivity index (χ3n) is 7.96. The van der Waals surface area contributed by atoms with E-state index in [-0.39, 0.29) is 11.0 Å². The van der Waals surface area contributed by atoms with Crippen LogP contribution in [0.5, 0.6) is 0 Å². The molecule has 3 saturated heterocycles. The second-order valence-corrected chi connectivity index (χ2v) is 9.16. The summed E-state index contributed by atoms with van der Waals surface area (Å²) in [5.74, 6) is 0. The van der Waals surface area contributed by atoms with Crippen LogP contribution in [0.3, 0.4) is 0 Å². The molecule has 0 saturated carbocycles. The van der Waals surface area contributed by atoms with E-state index < -0.39 is 0 Å². The number of hydrogen-bond donors (Lipinski definition) is 1. The number of hydrogen-bond acceptors (Lipinski definition) is 3. The Hall–Kier alpha value is -2.62. The Bertz CT molecular complexity index is 1080. The molecular formula is C26H25N3. The minimum atomic E-state index is 0.137. The predicted octanol–water partition coefficient (Wildman–Crippen LogP) is 4.18. The third-order valence-corrected chi connectivity index (χ3v) is 7.96. The Morgan fingerprint density at radius 1 is 0.862 bits per heavy atom. The summed E-state index contributed by atoms with van der Waals surface area (Å²) in [5.41, 5.74) is 6.10. The summed E-state index contributed by atoms with van der Waals surface area (Å²) in [6.45, 7) is 3.35. The van der Waals surface area contributed by atoms with Crippen molar-refractivity contribution in [2.24, 2.45) is 0 Å². The van der Waals surface area contributed by atoms with Crippen molar-refractivity contribution in [1.82, 2.24) is 9.80 Å². The van der Waals surface area contributed by atoms with Gasteiger partial charge in [-0.1, -0.05) is 78.9 Å². The van der Waals surface area contributed by atoms with Crippen LogP contribution in [0.15, 0.2) is 84.9 Å². The zero-order valence-electron chi connectivity index (χ0n) is 16.5. The van der Waals surface area contributed by atoms with E-state index in [2.05, 4.69) is 100 Å². The highest BCUT2D eigenvalue weighted by Gasteiger charge is 2.80. The number of para-hydroxylation sites is 1. The molecule has 4 aliphatic rings. The SMILES string of the molecule is c1ccc(CN2CCC34c5ccccc5NC3N3C[C@]3(c3ccccc3)C24)cc1. The molecule has 4 heterocycles. The molecule has 3 heteroatoms. The summed E-state index contributed by atoms with van der Waals surface area (Å²) in [5, 5.41) is 3.93. The number of piperidine rings is 1. The van der Waals surface area contributed by atoms with Crippen LogP contribution >= 0.6 is 0 Å². The molecular weight excluding hydrogens is 354 g/mol. The lowest BCUT2D eigenvalue weighted by Crippen LogP contribution is -2.50. The Balaban J connectivity index is 1.39. The van der Waals surface area contributed by atoms with Crippen molar-refractivity contribution in [1.29, 1.82) is 0 Å². The number of rotatable bonds is 3. The molecule has 0 radical (unpaired) electrons. The maximum atomic E-state index is 3.93. The lowest BCUT2D eigenvalue weighted by Gasteiger charge is -2.37. The molecule has 1 N–H and O–H groups in total. The normalized spacial score (nSPS) is 36.1. The molecule has 3 aromatic carbocycles. The zero-order chi connectivity index (χ0) is 19.1. The smallest absolute Gasteiger partial charge is 0.0918 e. The first-order valence-electron chi connectivity index (χ1n) is 10.8. The van der Waals surface area contributed by atoms with Gasteiger partial charge in [0.1, 0.15) is 0 Å². The number of nitrogens with zero attached hydrogens (tertiary/aromatic N) is 2.